The van der Waals surface area contributed by atoms with E-state index in [1.54, 1.807) is 14.2 Å². The maximum atomic E-state index is 12.9. The zero-order valence-electron chi connectivity index (χ0n) is 17.9. The van der Waals surface area contributed by atoms with Crippen LogP contribution in [0.1, 0.15) is 23.8 Å². The first kappa shape index (κ1) is 21.1. The molecule has 2 atom stereocenters. The molecule has 0 N–H and O–H groups in total. The molecule has 1 amide bonds. The Kier molecular flexibility index (Phi) is 6.62. The van der Waals surface area contributed by atoms with Crippen molar-refractivity contribution in [3.8, 4) is 17.2 Å². The van der Waals surface area contributed by atoms with Gasteiger partial charge >= 0.3 is 0 Å². The minimum atomic E-state index is -0.0364. The second-order valence-electron chi connectivity index (χ2n) is 7.78. The van der Waals surface area contributed by atoms with Gasteiger partial charge < -0.3 is 18.8 Å². The number of likely N-dealkylation sites (tertiary alicyclic amines) is 1. The summed E-state index contributed by atoms with van der Waals surface area (Å²) >= 11 is 0. The summed E-state index contributed by atoms with van der Waals surface area (Å²) < 4.78 is 16.7. The topological polar surface area (TPSA) is 77.7 Å². The van der Waals surface area contributed by atoms with Crippen molar-refractivity contribution >= 4 is 5.91 Å². The molecule has 2 aromatic carbocycles. The zero-order chi connectivity index (χ0) is 21.6. The Hall–Kier alpha value is -3.19. The Bertz CT molecular complexity index is 1000. The number of hydrogen-bond donors (Lipinski definition) is 0. The SMILES string of the molecule is COCC1CN(C(=O)CCc2cccc(OC)c2)CC1c1nnc(-c2ccccc2)o1. The molecule has 0 bridgehead atoms. The third kappa shape index (κ3) is 4.94. The molecule has 1 aromatic heterocycles. The Balaban J connectivity index is 1.43. The van der Waals surface area contributed by atoms with Crippen LogP contribution < -0.4 is 4.74 Å². The van der Waals surface area contributed by atoms with Crippen molar-refractivity contribution in [2.45, 2.75) is 18.8 Å². The summed E-state index contributed by atoms with van der Waals surface area (Å²) in [6.07, 6.45) is 1.11. The normalized spacial score (nSPS) is 18.3. The molecule has 7 heteroatoms. The van der Waals surface area contributed by atoms with Crippen molar-refractivity contribution in [2.75, 3.05) is 33.9 Å². The molecule has 162 valence electrons. The Morgan fingerprint density at radius 1 is 1.10 bits per heavy atom. The number of aromatic nitrogens is 2. The lowest BCUT2D eigenvalue weighted by atomic mass is 9.97. The van der Waals surface area contributed by atoms with Gasteiger partial charge in [0.25, 0.3) is 0 Å². The van der Waals surface area contributed by atoms with E-state index in [0.29, 0.717) is 44.3 Å². The highest BCUT2D eigenvalue weighted by atomic mass is 16.5. The lowest BCUT2D eigenvalue weighted by Crippen LogP contribution is -2.29. The molecular formula is C24H27N3O4. The molecule has 3 aromatic rings. The molecule has 31 heavy (non-hydrogen) atoms. The van der Waals surface area contributed by atoms with Crippen molar-refractivity contribution < 1.29 is 18.7 Å². The average Bonchev–Trinajstić information content (AvgIpc) is 3.46. The molecule has 4 rings (SSSR count). The quantitative estimate of drug-likeness (QED) is 0.553. The molecule has 0 radical (unpaired) electrons. The Labute approximate surface area is 182 Å². The maximum Gasteiger partial charge on any atom is 0.247 e. The fourth-order valence-corrected chi connectivity index (χ4v) is 4.06. The van der Waals surface area contributed by atoms with Crippen LogP contribution in [0.5, 0.6) is 5.75 Å². The third-order valence-electron chi connectivity index (χ3n) is 5.71. The van der Waals surface area contributed by atoms with Crippen molar-refractivity contribution in [3.63, 3.8) is 0 Å². The van der Waals surface area contributed by atoms with Gasteiger partial charge in [-0.2, -0.15) is 0 Å². The lowest BCUT2D eigenvalue weighted by molar-refractivity contribution is -0.130. The molecule has 2 heterocycles. The Morgan fingerprint density at radius 3 is 2.71 bits per heavy atom. The summed E-state index contributed by atoms with van der Waals surface area (Å²) in [6.45, 7) is 1.72. The van der Waals surface area contributed by atoms with Crippen LogP contribution in [-0.2, 0) is 16.0 Å². The summed E-state index contributed by atoms with van der Waals surface area (Å²) in [4.78, 5) is 14.8. The van der Waals surface area contributed by atoms with E-state index in [9.17, 15) is 4.79 Å². The van der Waals surface area contributed by atoms with Gasteiger partial charge in [0.1, 0.15) is 5.75 Å². The van der Waals surface area contributed by atoms with Crippen molar-refractivity contribution in [2.24, 2.45) is 5.92 Å². The van der Waals surface area contributed by atoms with Gasteiger partial charge in [-0.05, 0) is 36.2 Å². The van der Waals surface area contributed by atoms with E-state index < -0.39 is 0 Å². The van der Waals surface area contributed by atoms with Gasteiger partial charge in [-0.1, -0.05) is 30.3 Å². The number of hydrogen-bond acceptors (Lipinski definition) is 6. The summed E-state index contributed by atoms with van der Waals surface area (Å²) in [5.41, 5.74) is 1.97. The number of nitrogens with zero attached hydrogens (tertiary/aromatic N) is 3. The van der Waals surface area contributed by atoms with Gasteiger partial charge in [-0.15, -0.1) is 10.2 Å². The predicted molar refractivity (Wildman–Crippen MR) is 116 cm³/mol. The van der Waals surface area contributed by atoms with Crippen molar-refractivity contribution in [3.05, 3.63) is 66.1 Å². The lowest BCUT2D eigenvalue weighted by Gasteiger charge is -2.16. The molecular weight excluding hydrogens is 394 g/mol. The summed E-state index contributed by atoms with van der Waals surface area (Å²) in [6, 6.07) is 17.5. The second-order valence-corrected chi connectivity index (χ2v) is 7.78. The van der Waals surface area contributed by atoms with E-state index in [1.165, 1.54) is 0 Å². The van der Waals surface area contributed by atoms with E-state index in [0.717, 1.165) is 16.9 Å². The van der Waals surface area contributed by atoms with Crippen LogP contribution in [0.15, 0.2) is 59.0 Å². The summed E-state index contributed by atoms with van der Waals surface area (Å²) in [5, 5.41) is 8.50. The van der Waals surface area contributed by atoms with Crippen LogP contribution in [-0.4, -0.2) is 54.9 Å². The van der Waals surface area contributed by atoms with Crippen LogP contribution >= 0.6 is 0 Å². The highest BCUT2D eigenvalue weighted by Gasteiger charge is 2.39. The number of carbonyl (C=O) groups excluding carboxylic acids is 1. The molecule has 0 aliphatic carbocycles. The van der Waals surface area contributed by atoms with E-state index in [-0.39, 0.29) is 17.7 Å². The number of ether oxygens (including phenoxy) is 2. The molecule has 1 aliphatic rings. The summed E-state index contributed by atoms with van der Waals surface area (Å²) in [5.74, 6) is 2.06. The molecule has 0 saturated carbocycles. The standard InChI is InChI=1S/C24H27N3O4/c1-29-16-19-14-27(22(28)12-11-17-7-6-10-20(13-17)30-2)15-21(19)24-26-25-23(31-24)18-8-4-3-5-9-18/h3-10,13,19,21H,11-12,14-16H2,1-2H3. The number of benzene rings is 2. The highest BCUT2D eigenvalue weighted by Crippen LogP contribution is 2.34. The van der Waals surface area contributed by atoms with Gasteiger partial charge in [0, 0.05) is 38.1 Å². The molecule has 7 nitrogen and oxygen atoms in total. The first-order valence-corrected chi connectivity index (χ1v) is 10.5. The van der Waals surface area contributed by atoms with Gasteiger partial charge in [-0.3, -0.25) is 4.79 Å². The average molecular weight is 421 g/mol. The van der Waals surface area contributed by atoms with E-state index in [4.69, 9.17) is 13.9 Å². The fraction of sp³-hybridized carbons (Fsp3) is 0.375. The van der Waals surface area contributed by atoms with Gasteiger partial charge in [0.15, 0.2) is 0 Å². The van der Waals surface area contributed by atoms with Gasteiger partial charge in [0.2, 0.25) is 17.7 Å². The predicted octanol–water partition coefficient (Wildman–Crippen LogP) is 3.57. The first-order valence-electron chi connectivity index (χ1n) is 10.5. The molecule has 1 aliphatic heterocycles. The zero-order valence-corrected chi connectivity index (χ0v) is 17.9. The Morgan fingerprint density at radius 2 is 1.94 bits per heavy atom. The van der Waals surface area contributed by atoms with E-state index >= 15 is 0 Å². The van der Waals surface area contributed by atoms with E-state index in [2.05, 4.69) is 10.2 Å². The largest absolute Gasteiger partial charge is 0.497 e. The van der Waals surface area contributed by atoms with Crippen LogP contribution in [0.4, 0.5) is 0 Å². The number of methoxy groups -OCH3 is 2. The monoisotopic (exact) mass is 421 g/mol. The molecule has 2 unspecified atom stereocenters. The number of aryl methyl sites for hydroxylation is 1. The molecule has 1 fully saturated rings. The van der Waals surface area contributed by atoms with Crippen molar-refractivity contribution in [1.29, 1.82) is 0 Å². The van der Waals surface area contributed by atoms with Gasteiger partial charge in [0.05, 0.1) is 19.6 Å². The first-order chi connectivity index (χ1) is 15.2. The number of amides is 1. The van der Waals surface area contributed by atoms with Crippen LogP contribution in [0, 0.1) is 5.92 Å². The number of carbonyl (C=O) groups is 1. The minimum Gasteiger partial charge on any atom is -0.497 e. The second kappa shape index (κ2) is 9.75. The highest BCUT2D eigenvalue weighted by molar-refractivity contribution is 5.77. The minimum absolute atomic E-state index is 0.0364. The van der Waals surface area contributed by atoms with Gasteiger partial charge in [-0.25, -0.2) is 0 Å². The van der Waals surface area contributed by atoms with Crippen LogP contribution in [0.25, 0.3) is 11.5 Å². The van der Waals surface area contributed by atoms with Crippen LogP contribution in [0.2, 0.25) is 0 Å². The fourth-order valence-electron chi connectivity index (χ4n) is 4.06. The smallest absolute Gasteiger partial charge is 0.247 e. The maximum absolute atomic E-state index is 12.9. The third-order valence-corrected chi connectivity index (χ3v) is 5.71. The van der Waals surface area contributed by atoms with Crippen LogP contribution in [0.3, 0.4) is 0 Å². The van der Waals surface area contributed by atoms with E-state index in [1.807, 2.05) is 59.5 Å². The molecule has 1 saturated heterocycles. The van der Waals surface area contributed by atoms with Crippen molar-refractivity contribution in [1.82, 2.24) is 15.1 Å². The summed E-state index contributed by atoms with van der Waals surface area (Å²) in [7, 11) is 3.32. The number of rotatable bonds is 8. The molecule has 0 spiro atoms.